The van der Waals surface area contributed by atoms with E-state index in [9.17, 15) is 9.18 Å². The van der Waals surface area contributed by atoms with Gasteiger partial charge in [0.15, 0.2) is 0 Å². The highest BCUT2D eigenvalue weighted by Gasteiger charge is 2.29. The molecule has 1 N–H and O–H groups in total. The molecule has 2 aromatic rings. The van der Waals surface area contributed by atoms with Crippen LogP contribution in [0.1, 0.15) is 59.3 Å². The molecule has 1 amide bonds. The molecule has 4 rings (SSSR count). The third-order valence-corrected chi connectivity index (χ3v) is 6.02. The van der Waals surface area contributed by atoms with Gasteiger partial charge in [0.1, 0.15) is 23.2 Å². The number of nitrogens with zero attached hydrogens (tertiary/aromatic N) is 3. The van der Waals surface area contributed by atoms with Crippen molar-refractivity contribution in [2.24, 2.45) is 7.05 Å². The Kier molecular flexibility index (Phi) is 6.31. The largest absolute Gasteiger partial charge is 0.472 e. The molecule has 9 heteroatoms. The van der Waals surface area contributed by atoms with Crippen LogP contribution in [0, 0.1) is 5.82 Å². The summed E-state index contributed by atoms with van der Waals surface area (Å²) in [5.41, 5.74) is 0.800. The summed E-state index contributed by atoms with van der Waals surface area (Å²) in [5, 5.41) is 2.87. The number of hydrogen-bond donors (Lipinski definition) is 1. The fourth-order valence-corrected chi connectivity index (χ4v) is 3.95. The lowest BCUT2D eigenvalue weighted by Gasteiger charge is -2.32. The monoisotopic (exact) mass is 434 g/mol. The van der Waals surface area contributed by atoms with Crippen molar-refractivity contribution >= 4 is 16.9 Å². The number of fused-ring (bicyclic) bond motifs is 1. The van der Waals surface area contributed by atoms with Gasteiger partial charge < -0.3 is 19.5 Å². The molecule has 2 saturated carbocycles. The molecule has 2 aliphatic rings. The summed E-state index contributed by atoms with van der Waals surface area (Å²) in [6.45, 7) is 5.43. The highest BCUT2D eigenvalue weighted by molar-refractivity contribution is 5.77. The van der Waals surface area contributed by atoms with Crippen LogP contribution in [0.4, 0.5) is 4.39 Å². The number of nitrogens with one attached hydrogen (secondary N) is 1. The number of hydrogen-bond acceptors (Lipinski definition) is 6. The third kappa shape index (κ3) is 5.08. The molecule has 2 fully saturated rings. The Bertz CT molecular complexity index is 937. The van der Waals surface area contributed by atoms with Gasteiger partial charge in [0.25, 0.3) is 11.9 Å². The fraction of sp³-hybridized carbons (Fsp3) is 0.682. The zero-order valence-electron chi connectivity index (χ0n) is 18.6. The van der Waals surface area contributed by atoms with Gasteiger partial charge in [0.05, 0.1) is 24.4 Å². The molecule has 2 heterocycles. The molecule has 8 nitrogen and oxygen atoms in total. The smallest absolute Gasteiger partial charge is 0.297 e. The van der Waals surface area contributed by atoms with Crippen molar-refractivity contribution in [2.45, 2.75) is 89.8 Å². The number of rotatable bonds is 8. The molecule has 0 bridgehead atoms. The van der Waals surface area contributed by atoms with E-state index in [1.807, 2.05) is 13.8 Å². The van der Waals surface area contributed by atoms with E-state index in [0.29, 0.717) is 17.0 Å². The summed E-state index contributed by atoms with van der Waals surface area (Å²) in [6, 6.07) is 0.347. The Morgan fingerprint density at radius 1 is 1.13 bits per heavy atom. The topological polar surface area (TPSA) is 87.5 Å². The standard InChI is InChI=1S/C22H31FN4O4/c1-12(25-14(3)28)13(2)29-15-5-9-17(10-6-15)31-22-26-18-11-24-21(30-16-7-8-16)19(23)20(18)27(22)4/h11-13,15-17H,5-10H2,1-4H3,(H,25,28)/t12-,13-,15-,17-/m0/s1. The summed E-state index contributed by atoms with van der Waals surface area (Å²) in [5.74, 6) is -0.515. The highest BCUT2D eigenvalue weighted by atomic mass is 19.1. The Morgan fingerprint density at radius 2 is 1.74 bits per heavy atom. The van der Waals surface area contributed by atoms with E-state index < -0.39 is 5.82 Å². The summed E-state index contributed by atoms with van der Waals surface area (Å²) in [7, 11) is 1.74. The van der Waals surface area contributed by atoms with E-state index in [1.54, 1.807) is 11.6 Å². The van der Waals surface area contributed by atoms with Crippen molar-refractivity contribution in [3.05, 3.63) is 12.0 Å². The van der Waals surface area contributed by atoms with Gasteiger partial charge in [0.2, 0.25) is 11.7 Å². The van der Waals surface area contributed by atoms with Gasteiger partial charge in [-0.05, 0) is 52.4 Å². The number of carbonyl (C=O) groups excluding carboxylic acids is 1. The number of amides is 1. The van der Waals surface area contributed by atoms with Crippen LogP contribution < -0.4 is 14.8 Å². The maximum absolute atomic E-state index is 14.9. The predicted octanol–water partition coefficient (Wildman–Crippen LogP) is 3.27. The molecule has 2 aromatic heterocycles. The van der Waals surface area contributed by atoms with Gasteiger partial charge in [-0.3, -0.25) is 9.36 Å². The predicted molar refractivity (Wildman–Crippen MR) is 113 cm³/mol. The second-order valence-electron chi connectivity index (χ2n) is 8.73. The SMILES string of the molecule is CC(=O)N[C@@H](C)[C@H](C)O[C@H]1CC[C@H](Oc2nc3cnc(OC4CC4)c(F)c3n2C)CC1. The van der Waals surface area contributed by atoms with E-state index in [1.165, 1.54) is 13.1 Å². The fourth-order valence-electron chi connectivity index (χ4n) is 3.95. The first-order valence-electron chi connectivity index (χ1n) is 11.1. The average molecular weight is 435 g/mol. The van der Waals surface area contributed by atoms with Crippen LogP contribution >= 0.6 is 0 Å². The summed E-state index contributed by atoms with van der Waals surface area (Å²) < 4.78 is 34.3. The van der Waals surface area contributed by atoms with Crippen molar-refractivity contribution in [3.8, 4) is 11.9 Å². The molecule has 0 unspecified atom stereocenters. The van der Waals surface area contributed by atoms with Gasteiger partial charge in [-0.2, -0.15) is 9.37 Å². The minimum Gasteiger partial charge on any atom is -0.472 e. The first kappa shape index (κ1) is 21.8. The molecule has 0 aliphatic heterocycles. The maximum Gasteiger partial charge on any atom is 0.297 e. The number of pyridine rings is 1. The molecule has 170 valence electrons. The molecule has 0 spiro atoms. The number of halogens is 1. The van der Waals surface area contributed by atoms with Crippen molar-refractivity contribution in [1.82, 2.24) is 19.9 Å². The Balaban J connectivity index is 1.34. The van der Waals surface area contributed by atoms with Crippen LogP contribution in [0.5, 0.6) is 11.9 Å². The van der Waals surface area contributed by atoms with Crippen LogP contribution in [0.2, 0.25) is 0 Å². The van der Waals surface area contributed by atoms with Crippen molar-refractivity contribution in [2.75, 3.05) is 0 Å². The molecular formula is C22H31FN4O4. The van der Waals surface area contributed by atoms with Gasteiger partial charge in [-0.25, -0.2) is 4.98 Å². The van der Waals surface area contributed by atoms with E-state index >= 15 is 0 Å². The van der Waals surface area contributed by atoms with Crippen LogP contribution in [0.25, 0.3) is 11.0 Å². The van der Waals surface area contributed by atoms with Crippen LogP contribution in [-0.4, -0.2) is 50.9 Å². The van der Waals surface area contributed by atoms with Gasteiger partial charge >= 0.3 is 0 Å². The molecular weight excluding hydrogens is 403 g/mol. The lowest BCUT2D eigenvalue weighted by Crippen LogP contribution is -2.42. The van der Waals surface area contributed by atoms with E-state index in [2.05, 4.69) is 15.3 Å². The average Bonchev–Trinajstić information content (AvgIpc) is 3.48. The first-order chi connectivity index (χ1) is 14.8. The van der Waals surface area contributed by atoms with Crippen molar-refractivity contribution in [3.63, 3.8) is 0 Å². The lowest BCUT2D eigenvalue weighted by molar-refractivity contribution is -0.121. The number of carbonyl (C=O) groups is 1. The minimum atomic E-state index is -0.492. The Hall–Kier alpha value is -2.42. The molecule has 2 aliphatic carbocycles. The molecule has 2 atom stereocenters. The quantitative estimate of drug-likeness (QED) is 0.686. The number of aryl methyl sites for hydroxylation is 1. The normalized spacial score (nSPS) is 23.4. The maximum atomic E-state index is 14.9. The number of imidazole rings is 1. The molecule has 0 aromatic carbocycles. The second-order valence-corrected chi connectivity index (χ2v) is 8.73. The highest BCUT2D eigenvalue weighted by Crippen LogP contribution is 2.33. The van der Waals surface area contributed by atoms with E-state index in [0.717, 1.165) is 38.5 Å². The van der Waals surface area contributed by atoms with Crippen LogP contribution in [0.15, 0.2) is 6.20 Å². The number of ether oxygens (including phenoxy) is 3. The van der Waals surface area contributed by atoms with E-state index in [-0.39, 0.29) is 42.2 Å². The first-order valence-corrected chi connectivity index (χ1v) is 11.1. The van der Waals surface area contributed by atoms with Crippen LogP contribution in [0.3, 0.4) is 0 Å². The zero-order valence-corrected chi connectivity index (χ0v) is 18.6. The van der Waals surface area contributed by atoms with Gasteiger partial charge in [-0.1, -0.05) is 0 Å². The third-order valence-electron chi connectivity index (χ3n) is 6.02. The molecule has 0 saturated heterocycles. The van der Waals surface area contributed by atoms with Crippen molar-refractivity contribution in [1.29, 1.82) is 0 Å². The molecule has 0 radical (unpaired) electrons. The van der Waals surface area contributed by atoms with Gasteiger partial charge in [0, 0.05) is 14.0 Å². The number of aromatic nitrogens is 3. The Labute approximate surface area is 181 Å². The van der Waals surface area contributed by atoms with Gasteiger partial charge in [-0.15, -0.1) is 0 Å². The van der Waals surface area contributed by atoms with Crippen molar-refractivity contribution < 1.29 is 23.4 Å². The lowest BCUT2D eigenvalue weighted by atomic mass is 9.94. The van der Waals surface area contributed by atoms with E-state index in [4.69, 9.17) is 14.2 Å². The minimum absolute atomic E-state index is 0.00311. The summed E-state index contributed by atoms with van der Waals surface area (Å²) in [6.07, 6.45) is 6.93. The zero-order chi connectivity index (χ0) is 22.1. The second kappa shape index (κ2) is 8.98. The molecule has 31 heavy (non-hydrogen) atoms. The summed E-state index contributed by atoms with van der Waals surface area (Å²) >= 11 is 0. The Morgan fingerprint density at radius 3 is 2.39 bits per heavy atom. The van der Waals surface area contributed by atoms with Crippen LogP contribution in [-0.2, 0) is 16.6 Å². The summed E-state index contributed by atoms with van der Waals surface area (Å²) in [4.78, 5) is 19.7.